The lowest BCUT2D eigenvalue weighted by molar-refractivity contribution is -0.123. The molecule has 2 amide bonds. The minimum atomic E-state index is -0.925. The predicted molar refractivity (Wildman–Crippen MR) is 100 cm³/mol. The molecule has 1 aromatic carbocycles. The van der Waals surface area contributed by atoms with Gasteiger partial charge in [-0.3, -0.25) is 4.79 Å². The number of rotatable bonds is 8. The minimum Gasteiger partial charge on any atom is -0.444 e. The van der Waals surface area contributed by atoms with E-state index in [1.807, 2.05) is 13.8 Å². The van der Waals surface area contributed by atoms with Crippen molar-refractivity contribution in [2.45, 2.75) is 71.4 Å². The Kier molecular flexibility index (Phi) is 8.19. The quantitative estimate of drug-likeness (QED) is 0.709. The largest absolute Gasteiger partial charge is 0.444 e. The Morgan fingerprint density at radius 2 is 1.74 bits per heavy atom. The third kappa shape index (κ3) is 7.53. The number of carbonyl (C=O) groups is 2. The van der Waals surface area contributed by atoms with Gasteiger partial charge in [0.05, 0.1) is 5.54 Å². The smallest absolute Gasteiger partial charge is 0.407 e. The van der Waals surface area contributed by atoms with E-state index in [4.69, 9.17) is 4.74 Å². The van der Waals surface area contributed by atoms with Crippen molar-refractivity contribution in [1.29, 1.82) is 0 Å². The number of amides is 2. The molecule has 5 nitrogen and oxygen atoms in total. The third-order valence-corrected chi connectivity index (χ3v) is 4.38. The molecule has 0 aliphatic carbocycles. The predicted octanol–water partition coefficient (Wildman–Crippen LogP) is 4.10. The van der Waals surface area contributed by atoms with Gasteiger partial charge < -0.3 is 15.4 Å². The number of hydrogen-bond acceptors (Lipinski definition) is 3. The first-order valence-corrected chi connectivity index (χ1v) is 9.22. The molecule has 0 aliphatic rings. The second kappa shape index (κ2) is 9.67. The summed E-state index contributed by atoms with van der Waals surface area (Å²) >= 11 is 0. The van der Waals surface area contributed by atoms with Gasteiger partial charge in [0.1, 0.15) is 5.60 Å². The summed E-state index contributed by atoms with van der Waals surface area (Å²) in [5.74, 6) is -2.13. The SMILES string of the molecule is CCC(CC)(CNC(=O)OC(C)(C)C)NC(=O)CCc1cccc(F)c1F. The van der Waals surface area contributed by atoms with Crippen LogP contribution in [0.4, 0.5) is 13.6 Å². The Bertz CT molecular complexity index is 653. The fourth-order valence-electron chi connectivity index (χ4n) is 2.62. The number of nitrogens with one attached hydrogen (secondary N) is 2. The average molecular weight is 384 g/mol. The van der Waals surface area contributed by atoms with Crippen LogP contribution in [0.5, 0.6) is 0 Å². The molecule has 0 heterocycles. The Labute approximate surface area is 159 Å². The number of aryl methyl sites for hydroxylation is 1. The first kappa shape index (κ1) is 22.9. The van der Waals surface area contributed by atoms with Crippen molar-refractivity contribution in [3.63, 3.8) is 0 Å². The van der Waals surface area contributed by atoms with Crippen molar-refractivity contribution in [3.8, 4) is 0 Å². The number of hydrogen-bond donors (Lipinski definition) is 2. The number of ether oxygens (including phenoxy) is 1. The van der Waals surface area contributed by atoms with Crippen molar-refractivity contribution >= 4 is 12.0 Å². The summed E-state index contributed by atoms with van der Waals surface area (Å²) in [6.45, 7) is 9.35. The topological polar surface area (TPSA) is 67.4 Å². The molecule has 27 heavy (non-hydrogen) atoms. The summed E-state index contributed by atoms with van der Waals surface area (Å²) in [6, 6.07) is 3.92. The summed E-state index contributed by atoms with van der Waals surface area (Å²) in [7, 11) is 0. The van der Waals surface area contributed by atoms with E-state index in [1.165, 1.54) is 12.1 Å². The van der Waals surface area contributed by atoms with E-state index in [2.05, 4.69) is 10.6 Å². The highest BCUT2D eigenvalue weighted by Crippen LogP contribution is 2.17. The van der Waals surface area contributed by atoms with Crippen LogP contribution in [0.25, 0.3) is 0 Å². The zero-order chi connectivity index (χ0) is 20.7. The van der Waals surface area contributed by atoms with Crippen LogP contribution in [0.3, 0.4) is 0 Å². The number of carbonyl (C=O) groups excluding carboxylic acids is 2. The van der Waals surface area contributed by atoms with Crippen LogP contribution >= 0.6 is 0 Å². The van der Waals surface area contributed by atoms with Gasteiger partial charge in [0, 0.05) is 13.0 Å². The fraction of sp³-hybridized carbons (Fsp3) is 0.600. The molecule has 0 saturated heterocycles. The molecule has 0 bridgehead atoms. The minimum absolute atomic E-state index is 0.0224. The maximum atomic E-state index is 13.7. The molecule has 0 aliphatic heterocycles. The van der Waals surface area contributed by atoms with Gasteiger partial charge in [0.15, 0.2) is 11.6 Å². The summed E-state index contributed by atoms with van der Waals surface area (Å²) in [5.41, 5.74) is -1.08. The molecule has 7 heteroatoms. The summed E-state index contributed by atoms with van der Waals surface area (Å²) in [5, 5.41) is 5.62. The maximum absolute atomic E-state index is 13.7. The molecule has 1 aromatic rings. The van der Waals surface area contributed by atoms with E-state index >= 15 is 0 Å². The normalized spacial score (nSPS) is 11.8. The van der Waals surface area contributed by atoms with Crippen molar-refractivity contribution in [3.05, 3.63) is 35.4 Å². The van der Waals surface area contributed by atoms with Crippen LogP contribution in [0.2, 0.25) is 0 Å². The highest BCUT2D eigenvalue weighted by Gasteiger charge is 2.29. The Morgan fingerprint density at radius 3 is 2.30 bits per heavy atom. The summed E-state index contributed by atoms with van der Waals surface area (Å²) < 4.78 is 32.2. The zero-order valence-corrected chi connectivity index (χ0v) is 16.7. The monoisotopic (exact) mass is 384 g/mol. The lowest BCUT2D eigenvalue weighted by atomic mass is 9.92. The first-order chi connectivity index (χ1) is 12.5. The molecule has 0 unspecified atom stereocenters. The molecule has 0 saturated carbocycles. The Balaban J connectivity index is 2.65. The van der Waals surface area contributed by atoms with Crippen molar-refractivity contribution in [2.75, 3.05) is 6.54 Å². The van der Waals surface area contributed by atoms with Gasteiger partial charge in [0.25, 0.3) is 0 Å². The standard InChI is InChI=1S/C20H30F2N2O3/c1-6-20(7-2,13-23-18(26)27-19(3,4)5)24-16(25)12-11-14-9-8-10-15(21)17(14)22/h8-10H,6-7,11-13H2,1-5H3,(H,23,26)(H,24,25). The van der Waals surface area contributed by atoms with E-state index in [0.717, 1.165) is 6.07 Å². The lowest BCUT2D eigenvalue weighted by Gasteiger charge is -2.33. The highest BCUT2D eigenvalue weighted by atomic mass is 19.2. The van der Waals surface area contributed by atoms with Crippen molar-refractivity contribution in [1.82, 2.24) is 10.6 Å². The van der Waals surface area contributed by atoms with Gasteiger partial charge in [-0.1, -0.05) is 26.0 Å². The maximum Gasteiger partial charge on any atom is 0.407 e. The third-order valence-electron chi connectivity index (χ3n) is 4.38. The first-order valence-electron chi connectivity index (χ1n) is 9.22. The van der Waals surface area contributed by atoms with Gasteiger partial charge in [-0.25, -0.2) is 13.6 Å². The van der Waals surface area contributed by atoms with Crippen LogP contribution in [-0.2, 0) is 16.0 Å². The molecule has 0 aromatic heterocycles. The van der Waals surface area contributed by atoms with Gasteiger partial charge >= 0.3 is 6.09 Å². The van der Waals surface area contributed by atoms with E-state index in [-0.39, 0.29) is 30.9 Å². The van der Waals surface area contributed by atoms with Gasteiger partial charge in [-0.15, -0.1) is 0 Å². The molecule has 0 atom stereocenters. The zero-order valence-electron chi connectivity index (χ0n) is 16.7. The molecular weight excluding hydrogens is 354 g/mol. The summed E-state index contributed by atoms with van der Waals surface area (Å²) in [6.07, 6.45) is 0.760. The van der Waals surface area contributed by atoms with Crippen molar-refractivity contribution < 1.29 is 23.1 Å². The van der Waals surface area contributed by atoms with Crippen LogP contribution < -0.4 is 10.6 Å². The molecule has 1 rings (SSSR count). The molecule has 152 valence electrons. The average Bonchev–Trinajstić information content (AvgIpc) is 2.58. The van der Waals surface area contributed by atoms with E-state index in [1.54, 1.807) is 20.8 Å². The van der Waals surface area contributed by atoms with E-state index in [0.29, 0.717) is 12.8 Å². The van der Waals surface area contributed by atoms with Crippen LogP contribution in [0.1, 0.15) is 59.4 Å². The van der Waals surface area contributed by atoms with Crippen LogP contribution in [0, 0.1) is 11.6 Å². The Morgan fingerprint density at radius 1 is 1.11 bits per heavy atom. The van der Waals surface area contributed by atoms with Crippen molar-refractivity contribution in [2.24, 2.45) is 0 Å². The van der Waals surface area contributed by atoms with E-state index < -0.39 is 28.9 Å². The lowest BCUT2D eigenvalue weighted by Crippen LogP contribution is -2.55. The number of benzene rings is 1. The highest BCUT2D eigenvalue weighted by molar-refractivity contribution is 5.77. The van der Waals surface area contributed by atoms with Crippen LogP contribution in [0.15, 0.2) is 18.2 Å². The molecule has 0 spiro atoms. The second-order valence-corrected chi connectivity index (χ2v) is 7.60. The Hall–Kier alpha value is -2.18. The number of halogens is 2. The fourth-order valence-corrected chi connectivity index (χ4v) is 2.62. The van der Waals surface area contributed by atoms with Gasteiger partial charge in [-0.2, -0.15) is 0 Å². The van der Waals surface area contributed by atoms with Crippen LogP contribution in [-0.4, -0.2) is 29.7 Å². The molecule has 2 N–H and O–H groups in total. The van der Waals surface area contributed by atoms with E-state index in [9.17, 15) is 18.4 Å². The molecule has 0 radical (unpaired) electrons. The number of alkyl carbamates (subject to hydrolysis) is 1. The summed E-state index contributed by atoms with van der Waals surface area (Å²) in [4.78, 5) is 24.2. The second-order valence-electron chi connectivity index (χ2n) is 7.60. The molecule has 0 fully saturated rings. The molecular formula is C20H30F2N2O3. The van der Waals surface area contributed by atoms with Gasteiger partial charge in [-0.05, 0) is 51.7 Å². The van der Waals surface area contributed by atoms with Gasteiger partial charge in [0.2, 0.25) is 5.91 Å².